The molecule has 11 heteroatoms. The van der Waals surface area contributed by atoms with Gasteiger partial charge in [-0.2, -0.15) is 4.39 Å². The predicted molar refractivity (Wildman–Crippen MR) is 85.1 cm³/mol. The molecule has 0 aromatic heterocycles. The highest BCUT2D eigenvalue weighted by Gasteiger charge is 2.34. The predicted octanol–water partition coefficient (Wildman–Crippen LogP) is 1.89. The number of benzene rings is 1. The molecule has 0 fully saturated rings. The van der Waals surface area contributed by atoms with Crippen LogP contribution in [0.5, 0.6) is 0 Å². The van der Waals surface area contributed by atoms with Crippen molar-refractivity contribution in [3.05, 3.63) is 43.8 Å². The highest BCUT2D eigenvalue weighted by atomic mass is 79.9. The number of anilines is 1. The monoisotopic (exact) mass is 418 g/mol. The molecule has 1 aliphatic rings. The van der Waals surface area contributed by atoms with E-state index in [2.05, 4.69) is 25.4 Å². The number of nitro benzene ring substituents is 1. The first kappa shape index (κ1) is 18.8. The van der Waals surface area contributed by atoms with Crippen molar-refractivity contribution in [3.63, 3.8) is 0 Å². The summed E-state index contributed by atoms with van der Waals surface area (Å²) in [6, 6.07) is 1.81. The zero-order valence-corrected chi connectivity index (χ0v) is 14.7. The molecule has 0 atom stereocenters. The smallest absolute Gasteiger partial charge is 0.355 e. The lowest BCUT2D eigenvalue weighted by Gasteiger charge is -2.31. The van der Waals surface area contributed by atoms with Crippen LogP contribution in [0.3, 0.4) is 0 Å². The Morgan fingerprint density at radius 3 is 2.52 bits per heavy atom. The molecule has 0 saturated carbocycles. The van der Waals surface area contributed by atoms with Crippen LogP contribution in [0.1, 0.15) is 0 Å². The van der Waals surface area contributed by atoms with Crippen LogP contribution < -0.4 is 4.90 Å². The summed E-state index contributed by atoms with van der Waals surface area (Å²) >= 11 is 3.09. The lowest BCUT2D eigenvalue weighted by molar-refractivity contribution is -0.387. The summed E-state index contributed by atoms with van der Waals surface area (Å²) < 4.78 is 28.4. The Balaban J connectivity index is 2.67. The molecule has 134 valence electrons. The van der Waals surface area contributed by atoms with Crippen molar-refractivity contribution in [2.45, 2.75) is 0 Å². The minimum atomic E-state index is -1.06. The Hall–Kier alpha value is -2.53. The van der Waals surface area contributed by atoms with Gasteiger partial charge in [0.25, 0.3) is 0 Å². The molecule has 0 amide bonds. The molecule has 0 N–H and O–H groups in total. The molecule has 25 heavy (non-hydrogen) atoms. The van der Waals surface area contributed by atoms with Gasteiger partial charge in [0, 0.05) is 10.5 Å². The van der Waals surface area contributed by atoms with E-state index in [1.165, 1.54) is 0 Å². The zero-order chi connectivity index (χ0) is 18.7. The number of rotatable bonds is 4. The van der Waals surface area contributed by atoms with E-state index in [0.717, 1.165) is 31.3 Å². The van der Waals surface area contributed by atoms with Gasteiger partial charge in [0.2, 0.25) is 5.82 Å². The van der Waals surface area contributed by atoms with Crippen LogP contribution >= 0.6 is 15.9 Å². The lowest BCUT2D eigenvalue weighted by Crippen LogP contribution is -2.39. The third-order valence-electron chi connectivity index (χ3n) is 3.34. The summed E-state index contributed by atoms with van der Waals surface area (Å²) in [5.74, 6) is -2.75. The topological polar surface area (TPSA) is 108 Å². The van der Waals surface area contributed by atoms with Crippen molar-refractivity contribution in [2.24, 2.45) is 0 Å². The van der Waals surface area contributed by atoms with E-state index in [4.69, 9.17) is 4.74 Å². The average molecular weight is 419 g/mol. The second-order valence-corrected chi connectivity index (χ2v) is 5.58. The number of methoxy groups -OCH3 is 2. The van der Waals surface area contributed by atoms with E-state index < -0.39 is 28.4 Å². The van der Waals surface area contributed by atoms with E-state index >= 15 is 0 Å². The number of nitro groups is 1. The quantitative estimate of drug-likeness (QED) is 0.414. The maximum Gasteiger partial charge on any atom is 0.355 e. The first-order valence-electron chi connectivity index (χ1n) is 6.70. The van der Waals surface area contributed by atoms with Crippen molar-refractivity contribution in [1.82, 2.24) is 0 Å². The van der Waals surface area contributed by atoms with E-state index in [9.17, 15) is 24.1 Å². The molecule has 1 aromatic rings. The Labute approximate surface area is 149 Å². The first-order valence-corrected chi connectivity index (χ1v) is 7.49. The normalized spacial score (nSPS) is 14.3. The van der Waals surface area contributed by atoms with Crippen molar-refractivity contribution in [3.8, 4) is 0 Å². The fourth-order valence-corrected chi connectivity index (χ4v) is 2.74. The molecular weight excluding hydrogens is 407 g/mol. The number of nitrogens with zero attached hydrogens (tertiary/aromatic N) is 2. The van der Waals surface area contributed by atoms with Gasteiger partial charge in [-0.25, -0.2) is 9.59 Å². The zero-order valence-electron chi connectivity index (χ0n) is 13.1. The van der Waals surface area contributed by atoms with Gasteiger partial charge in [0.05, 0.1) is 37.0 Å². The van der Waals surface area contributed by atoms with E-state index in [0.29, 0.717) is 0 Å². The van der Waals surface area contributed by atoms with Gasteiger partial charge in [-0.15, -0.1) is 0 Å². The second-order valence-electron chi connectivity index (χ2n) is 4.73. The average Bonchev–Trinajstić information content (AvgIpc) is 2.59. The van der Waals surface area contributed by atoms with Crippen LogP contribution in [-0.2, 0) is 23.8 Å². The summed E-state index contributed by atoms with van der Waals surface area (Å²) in [6.07, 6.45) is 0. The minimum Gasteiger partial charge on any atom is -0.466 e. The third kappa shape index (κ3) is 3.61. The third-order valence-corrected chi connectivity index (χ3v) is 3.97. The van der Waals surface area contributed by atoms with Crippen molar-refractivity contribution >= 4 is 39.2 Å². The molecule has 9 nitrogen and oxygen atoms in total. The number of ether oxygens (including phenoxy) is 3. The van der Waals surface area contributed by atoms with Gasteiger partial charge in [-0.3, -0.25) is 10.1 Å². The maximum absolute atomic E-state index is 13.7. The standard InChI is InChI=1S/C14H12BrFN2O7/c1-23-13(19)7-5-25-6-17(12(7)14(20)24-2)10-4-11(18(21)22)9(16)3-8(10)15/h3-4H,5-6H2,1-2H3. The molecular formula is C14H12BrFN2O7. The molecule has 1 heterocycles. The number of esters is 2. The Morgan fingerprint density at radius 2 is 1.96 bits per heavy atom. The number of hydrogen-bond acceptors (Lipinski definition) is 8. The van der Waals surface area contributed by atoms with Gasteiger partial charge in [0.15, 0.2) is 0 Å². The first-order chi connectivity index (χ1) is 11.8. The fourth-order valence-electron chi connectivity index (χ4n) is 2.21. The highest BCUT2D eigenvalue weighted by molar-refractivity contribution is 9.10. The molecule has 0 aliphatic carbocycles. The van der Waals surface area contributed by atoms with Crippen molar-refractivity contribution < 1.29 is 33.1 Å². The number of hydrogen-bond donors (Lipinski definition) is 0. The molecule has 1 aliphatic heterocycles. The Kier molecular flexibility index (Phi) is 5.69. The summed E-state index contributed by atoms with van der Waals surface area (Å²) in [5, 5.41) is 11.0. The second kappa shape index (κ2) is 7.57. The summed E-state index contributed by atoms with van der Waals surface area (Å²) in [6.45, 7) is -0.430. The van der Waals surface area contributed by atoms with Crippen LogP contribution in [-0.4, -0.2) is 44.4 Å². The van der Waals surface area contributed by atoms with Gasteiger partial charge in [0.1, 0.15) is 12.4 Å². The number of carbonyl (C=O) groups is 2. The Bertz CT molecular complexity index is 781. The molecule has 2 rings (SSSR count). The van der Waals surface area contributed by atoms with Gasteiger partial charge in [-0.05, 0) is 22.0 Å². The summed E-state index contributed by atoms with van der Waals surface area (Å²) in [7, 11) is 2.24. The van der Waals surface area contributed by atoms with E-state index in [1.54, 1.807) is 0 Å². The minimum absolute atomic E-state index is 0.0506. The SMILES string of the molecule is COC(=O)C1=C(C(=O)OC)N(c2cc([N+](=O)[O-])c(F)cc2Br)COC1. The largest absolute Gasteiger partial charge is 0.466 e. The molecule has 0 bridgehead atoms. The lowest BCUT2D eigenvalue weighted by atomic mass is 10.1. The molecule has 0 saturated heterocycles. The van der Waals surface area contributed by atoms with Crippen LogP contribution in [0.25, 0.3) is 0 Å². The molecule has 1 aromatic carbocycles. The highest BCUT2D eigenvalue weighted by Crippen LogP contribution is 2.36. The van der Waals surface area contributed by atoms with E-state index in [1.807, 2.05) is 0 Å². The molecule has 0 radical (unpaired) electrons. The Morgan fingerprint density at radius 1 is 1.32 bits per heavy atom. The number of carbonyl (C=O) groups excluding carboxylic acids is 2. The molecule has 0 spiro atoms. The van der Waals surface area contributed by atoms with E-state index in [-0.39, 0.29) is 34.8 Å². The van der Waals surface area contributed by atoms with Crippen LogP contribution in [0.4, 0.5) is 15.8 Å². The van der Waals surface area contributed by atoms with Crippen LogP contribution in [0.2, 0.25) is 0 Å². The summed E-state index contributed by atoms with van der Waals surface area (Å²) in [4.78, 5) is 35.3. The van der Waals surface area contributed by atoms with Crippen molar-refractivity contribution in [2.75, 3.05) is 32.5 Å². The van der Waals surface area contributed by atoms with Gasteiger partial charge in [-0.1, -0.05) is 0 Å². The van der Waals surface area contributed by atoms with Crippen LogP contribution in [0.15, 0.2) is 27.9 Å². The molecule has 0 unspecified atom stereocenters. The number of halogens is 2. The van der Waals surface area contributed by atoms with Gasteiger partial charge >= 0.3 is 17.6 Å². The fraction of sp³-hybridized carbons (Fsp3) is 0.286. The van der Waals surface area contributed by atoms with Gasteiger partial charge < -0.3 is 19.1 Å². The van der Waals surface area contributed by atoms with Crippen LogP contribution in [0, 0.1) is 15.9 Å². The maximum atomic E-state index is 13.7. The van der Waals surface area contributed by atoms with Crippen molar-refractivity contribution in [1.29, 1.82) is 0 Å². The summed E-state index contributed by atoms with van der Waals surface area (Å²) in [5.41, 5.74) is -1.08.